The number of piperidine rings is 1. The molecule has 0 radical (unpaired) electrons. The zero-order valence-corrected chi connectivity index (χ0v) is 9.66. The molecule has 1 saturated heterocycles. The van der Waals surface area contributed by atoms with Crippen molar-refractivity contribution in [2.45, 2.75) is 26.3 Å². The third-order valence-corrected chi connectivity index (χ3v) is 3.53. The molecule has 3 unspecified atom stereocenters. The molecule has 0 aromatic carbocycles. The van der Waals surface area contributed by atoms with Crippen LogP contribution in [0.3, 0.4) is 0 Å². The van der Waals surface area contributed by atoms with Crippen molar-refractivity contribution in [2.75, 3.05) is 33.3 Å². The molecule has 84 valence electrons. The second-order valence-corrected chi connectivity index (χ2v) is 4.67. The lowest BCUT2D eigenvalue weighted by molar-refractivity contribution is 0.113. The monoisotopic (exact) mass is 200 g/mol. The topological polar surface area (TPSA) is 35.5 Å². The van der Waals surface area contributed by atoms with E-state index in [9.17, 15) is 0 Å². The van der Waals surface area contributed by atoms with Crippen molar-refractivity contribution in [2.24, 2.45) is 11.8 Å². The van der Waals surface area contributed by atoms with Gasteiger partial charge in [0.15, 0.2) is 0 Å². The zero-order chi connectivity index (χ0) is 10.6. The molecule has 0 aliphatic carbocycles. The highest BCUT2D eigenvalue weighted by molar-refractivity contribution is 4.78. The Kier molecular flexibility index (Phi) is 4.85. The molecular weight excluding hydrogens is 176 g/mol. The summed E-state index contributed by atoms with van der Waals surface area (Å²) in [5.74, 6) is 1.65. The standard InChI is InChI=1S/C11H24N2O/c1-9-4-5-13(6-10(9)2)7-11(8-14)12-3/h9-12,14H,4-8H2,1-3H3. The Morgan fingerprint density at radius 3 is 2.64 bits per heavy atom. The number of hydrogen-bond donors (Lipinski definition) is 2. The van der Waals surface area contributed by atoms with Gasteiger partial charge in [-0.25, -0.2) is 0 Å². The van der Waals surface area contributed by atoms with Crippen molar-refractivity contribution < 1.29 is 5.11 Å². The van der Waals surface area contributed by atoms with Crippen molar-refractivity contribution in [3.05, 3.63) is 0 Å². The normalized spacial score (nSPS) is 31.7. The van der Waals surface area contributed by atoms with Gasteiger partial charge in [-0.05, 0) is 31.8 Å². The van der Waals surface area contributed by atoms with Crippen LogP contribution in [0.1, 0.15) is 20.3 Å². The van der Waals surface area contributed by atoms with Crippen LogP contribution in [0.15, 0.2) is 0 Å². The molecule has 3 heteroatoms. The SMILES string of the molecule is CNC(CO)CN1CCC(C)C(C)C1. The molecule has 3 atom stereocenters. The molecule has 0 bridgehead atoms. The van der Waals surface area contributed by atoms with Gasteiger partial charge in [0.05, 0.1) is 6.61 Å². The molecule has 0 amide bonds. The summed E-state index contributed by atoms with van der Waals surface area (Å²) in [5.41, 5.74) is 0. The maximum Gasteiger partial charge on any atom is 0.0597 e. The Bertz CT molecular complexity index is 159. The van der Waals surface area contributed by atoms with Crippen LogP contribution in [-0.4, -0.2) is 49.3 Å². The fourth-order valence-electron chi connectivity index (χ4n) is 2.07. The minimum absolute atomic E-state index is 0.232. The summed E-state index contributed by atoms with van der Waals surface area (Å²) in [6.45, 7) is 8.23. The Morgan fingerprint density at radius 2 is 2.14 bits per heavy atom. The quantitative estimate of drug-likeness (QED) is 0.695. The van der Waals surface area contributed by atoms with Gasteiger partial charge in [0.1, 0.15) is 0 Å². The average Bonchev–Trinajstić information content (AvgIpc) is 2.19. The first-order valence-corrected chi connectivity index (χ1v) is 5.67. The lowest BCUT2D eigenvalue weighted by atomic mass is 9.88. The summed E-state index contributed by atoms with van der Waals surface area (Å²) in [4.78, 5) is 2.46. The van der Waals surface area contributed by atoms with Crippen molar-refractivity contribution in [3.8, 4) is 0 Å². The Labute approximate surface area is 87.5 Å². The molecule has 1 heterocycles. The number of hydrogen-bond acceptors (Lipinski definition) is 3. The molecule has 1 aliphatic heterocycles. The van der Waals surface area contributed by atoms with Crippen LogP contribution >= 0.6 is 0 Å². The van der Waals surface area contributed by atoms with Gasteiger partial charge in [0.2, 0.25) is 0 Å². The van der Waals surface area contributed by atoms with Gasteiger partial charge in [0.25, 0.3) is 0 Å². The Hall–Kier alpha value is -0.120. The van der Waals surface area contributed by atoms with Gasteiger partial charge in [-0.15, -0.1) is 0 Å². The number of aliphatic hydroxyl groups excluding tert-OH is 1. The second-order valence-electron chi connectivity index (χ2n) is 4.67. The van der Waals surface area contributed by atoms with E-state index in [0.29, 0.717) is 0 Å². The Morgan fingerprint density at radius 1 is 1.43 bits per heavy atom. The summed E-state index contributed by atoms with van der Waals surface area (Å²) in [5, 5.41) is 12.2. The van der Waals surface area contributed by atoms with Crippen LogP contribution < -0.4 is 5.32 Å². The van der Waals surface area contributed by atoms with Crippen LogP contribution in [0, 0.1) is 11.8 Å². The van der Waals surface area contributed by atoms with Gasteiger partial charge in [-0.3, -0.25) is 0 Å². The second kappa shape index (κ2) is 5.69. The highest BCUT2D eigenvalue weighted by Crippen LogP contribution is 2.22. The number of rotatable bonds is 4. The molecule has 0 spiro atoms. The number of likely N-dealkylation sites (N-methyl/N-ethyl adjacent to an activating group) is 1. The minimum Gasteiger partial charge on any atom is -0.395 e. The molecule has 3 nitrogen and oxygen atoms in total. The first-order chi connectivity index (χ1) is 6.67. The summed E-state index contributed by atoms with van der Waals surface area (Å²) < 4.78 is 0. The number of likely N-dealkylation sites (tertiary alicyclic amines) is 1. The van der Waals surface area contributed by atoms with E-state index in [-0.39, 0.29) is 12.6 Å². The summed E-state index contributed by atoms with van der Waals surface area (Å²) in [7, 11) is 1.91. The van der Waals surface area contributed by atoms with Crippen LogP contribution in [0.4, 0.5) is 0 Å². The predicted molar refractivity (Wildman–Crippen MR) is 59.3 cm³/mol. The van der Waals surface area contributed by atoms with E-state index in [0.717, 1.165) is 18.4 Å². The number of aliphatic hydroxyl groups is 1. The third-order valence-electron chi connectivity index (χ3n) is 3.53. The van der Waals surface area contributed by atoms with Crippen molar-refractivity contribution in [1.29, 1.82) is 0 Å². The molecular formula is C11H24N2O. The first-order valence-electron chi connectivity index (χ1n) is 5.67. The lowest BCUT2D eigenvalue weighted by Gasteiger charge is -2.36. The van der Waals surface area contributed by atoms with Crippen molar-refractivity contribution in [1.82, 2.24) is 10.2 Å². The van der Waals surface area contributed by atoms with E-state index in [1.165, 1.54) is 19.5 Å². The average molecular weight is 200 g/mol. The first kappa shape index (κ1) is 12.0. The summed E-state index contributed by atoms with van der Waals surface area (Å²) >= 11 is 0. The zero-order valence-electron chi connectivity index (χ0n) is 9.66. The van der Waals surface area contributed by atoms with Crippen LogP contribution in [0.25, 0.3) is 0 Å². The fourth-order valence-corrected chi connectivity index (χ4v) is 2.07. The lowest BCUT2D eigenvalue weighted by Crippen LogP contribution is -2.46. The molecule has 2 N–H and O–H groups in total. The molecule has 1 fully saturated rings. The van der Waals surface area contributed by atoms with Gasteiger partial charge >= 0.3 is 0 Å². The van der Waals surface area contributed by atoms with Crippen LogP contribution in [0.2, 0.25) is 0 Å². The van der Waals surface area contributed by atoms with Crippen LogP contribution in [-0.2, 0) is 0 Å². The van der Waals surface area contributed by atoms with Gasteiger partial charge in [-0.2, -0.15) is 0 Å². The van der Waals surface area contributed by atoms with Gasteiger partial charge in [-0.1, -0.05) is 13.8 Å². The van der Waals surface area contributed by atoms with Gasteiger partial charge < -0.3 is 15.3 Å². The highest BCUT2D eigenvalue weighted by Gasteiger charge is 2.23. The van der Waals surface area contributed by atoms with Gasteiger partial charge in [0, 0.05) is 19.1 Å². The van der Waals surface area contributed by atoms with E-state index in [1.807, 2.05) is 7.05 Å². The molecule has 0 aromatic heterocycles. The highest BCUT2D eigenvalue weighted by atomic mass is 16.3. The van der Waals surface area contributed by atoms with E-state index in [1.54, 1.807) is 0 Å². The maximum atomic E-state index is 9.09. The number of nitrogens with one attached hydrogen (secondary N) is 1. The van der Waals surface area contributed by atoms with Crippen molar-refractivity contribution in [3.63, 3.8) is 0 Å². The Balaban J connectivity index is 2.32. The molecule has 14 heavy (non-hydrogen) atoms. The van der Waals surface area contributed by atoms with E-state index in [2.05, 4.69) is 24.1 Å². The maximum absolute atomic E-state index is 9.09. The minimum atomic E-state index is 0.232. The van der Waals surface area contributed by atoms with Crippen molar-refractivity contribution >= 4 is 0 Å². The number of nitrogens with zero attached hydrogens (tertiary/aromatic N) is 1. The summed E-state index contributed by atoms with van der Waals surface area (Å²) in [6, 6.07) is 0.232. The molecule has 1 aliphatic rings. The largest absolute Gasteiger partial charge is 0.395 e. The fraction of sp³-hybridized carbons (Fsp3) is 1.00. The smallest absolute Gasteiger partial charge is 0.0597 e. The molecule has 1 rings (SSSR count). The third kappa shape index (κ3) is 3.23. The summed E-state index contributed by atoms with van der Waals surface area (Å²) in [6.07, 6.45) is 1.29. The van der Waals surface area contributed by atoms with Crippen LogP contribution in [0.5, 0.6) is 0 Å². The van der Waals surface area contributed by atoms with E-state index >= 15 is 0 Å². The molecule has 0 saturated carbocycles. The van der Waals surface area contributed by atoms with E-state index in [4.69, 9.17) is 5.11 Å². The molecule has 0 aromatic rings. The van der Waals surface area contributed by atoms with E-state index < -0.39 is 0 Å². The predicted octanol–water partition coefficient (Wildman–Crippen LogP) is 0.545.